The van der Waals surface area contributed by atoms with Gasteiger partial charge in [-0.05, 0) is 61.4 Å². The summed E-state index contributed by atoms with van der Waals surface area (Å²) in [5.41, 5.74) is 1.01. The first-order valence-electron chi connectivity index (χ1n) is 10.8. The van der Waals surface area contributed by atoms with Crippen LogP contribution in [0.4, 0.5) is 16.2 Å². The van der Waals surface area contributed by atoms with Crippen molar-refractivity contribution in [2.45, 2.75) is 20.3 Å². The average Bonchev–Trinajstić information content (AvgIpc) is 3.31. The molecule has 0 spiro atoms. The molecule has 3 aromatic rings. The summed E-state index contributed by atoms with van der Waals surface area (Å²) in [5, 5.41) is 13.7. The van der Waals surface area contributed by atoms with Crippen molar-refractivity contribution in [1.82, 2.24) is 5.32 Å². The number of amides is 4. The highest BCUT2D eigenvalue weighted by Gasteiger charge is 2.37. The molecule has 1 aliphatic rings. The number of furan rings is 1. The summed E-state index contributed by atoms with van der Waals surface area (Å²) >= 11 is 0. The number of anilines is 1. The first-order valence-corrected chi connectivity index (χ1v) is 10.8. The zero-order chi connectivity index (χ0) is 25.1. The fraction of sp³-hybridized carbons (Fsp3) is 0.160. The van der Waals surface area contributed by atoms with Crippen LogP contribution in [0.2, 0.25) is 0 Å². The molecule has 1 aromatic heterocycles. The Morgan fingerprint density at radius 3 is 2.46 bits per heavy atom. The van der Waals surface area contributed by atoms with Crippen LogP contribution in [-0.4, -0.2) is 29.4 Å². The number of hydrogen-bond acceptors (Lipinski definition) is 7. The van der Waals surface area contributed by atoms with Crippen molar-refractivity contribution in [2.24, 2.45) is 0 Å². The van der Waals surface area contributed by atoms with Gasteiger partial charge in [-0.25, -0.2) is 9.69 Å². The Hall–Kier alpha value is -4.73. The molecule has 10 heteroatoms. The largest absolute Gasteiger partial charge is 0.494 e. The maximum atomic E-state index is 13.1. The molecule has 0 saturated carbocycles. The molecule has 1 fully saturated rings. The van der Waals surface area contributed by atoms with Crippen molar-refractivity contribution in [3.63, 3.8) is 0 Å². The molecule has 35 heavy (non-hydrogen) atoms. The van der Waals surface area contributed by atoms with Gasteiger partial charge in [0.15, 0.2) is 0 Å². The van der Waals surface area contributed by atoms with E-state index in [0.717, 1.165) is 16.9 Å². The molecular weight excluding hydrogens is 454 g/mol. The Labute approximate surface area is 199 Å². The topological polar surface area (TPSA) is 132 Å². The normalized spacial score (nSPS) is 14.9. The van der Waals surface area contributed by atoms with Crippen molar-refractivity contribution in [3.05, 3.63) is 81.6 Å². The van der Waals surface area contributed by atoms with Crippen molar-refractivity contribution in [1.29, 1.82) is 0 Å². The third-order valence-electron chi connectivity index (χ3n) is 5.36. The zero-order valence-electron chi connectivity index (χ0n) is 18.9. The van der Waals surface area contributed by atoms with Crippen LogP contribution in [0.3, 0.4) is 0 Å². The number of aryl methyl sites for hydroxylation is 1. The molecule has 2 heterocycles. The number of nitrogens with zero attached hydrogens (tertiary/aromatic N) is 2. The van der Waals surface area contributed by atoms with Crippen LogP contribution in [0.25, 0.3) is 17.4 Å². The van der Waals surface area contributed by atoms with Crippen LogP contribution >= 0.6 is 0 Å². The monoisotopic (exact) mass is 475 g/mol. The Bertz CT molecular complexity index is 1360. The van der Waals surface area contributed by atoms with Gasteiger partial charge in [0.05, 0.1) is 28.8 Å². The Morgan fingerprint density at radius 1 is 1.06 bits per heavy atom. The van der Waals surface area contributed by atoms with Crippen molar-refractivity contribution < 1.29 is 28.5 Å². The number of hydrogen-bond donors (Lipinski definition) is 1. The lowest BCUT2D eigenvalue weighted by Crippen LogP contribution is -2.54. The van der Waals surface area contributed by atoms with Gasteiger partial charge in [0, 0.05) is 0 Å². The maximum absolute atomic E-state index is 13.1. The predicted octanol–water partition coefficient (Wildman–Crippen LogP) is 4.48. The summed E-state index contributed by atoms with van der Waals surface area (Å²) in [6, 6.07) is 13.3. The second kappa shape index (κ2) is 9.64. The van der Waals surface area contributed by atoms with Crippen molar-refractivity contribution >= 4 is 35.3 Å². The predicted molar refractivity (Wildman–Crippen MR) is 127 cm³/mol. The van der Waals surface area contributed by atoms with Crippen molar-refractivity contribution in [3.8, 4) is 17.1 Å². The summed E-state index contributed by atoms with van der Waals surface area (Å²) < 4.78 is 11.0. The number of barbiturate groups is 1. The quantitative estimate of drug-likeness (QED) is 0.231. The van der Waals surface area contributed by atoms with E-state index in [1.807, 2.05) is 6.92 Å². The molecule has 178 valence electrons. The van der Waals surface area contributed by atoms with Gasteiger partial charge in [0.25, 0.3) is 17.5 Å². The van der Waals surface area contributed by atoms with E-state index in [-0.39, 0.29) is 28.3 Å². The number of carbonyl (C=O) groups is 3. The van der Waals surface area contributed by atoms with E-state index in [2.05, 4.69) is 5.32 Å². The standard InChI is InChI=1S/C25H21N3O7/c1-3-15-5-7-16(8-6-15)27-24(30)20(23(29)26-25(27)31)13-18-10-12-22(35-18)19-11-9-17(34-4-2)14-21(19)28(32)33/h5-14H,3-4H2,1-2H3,(H,26,29,31)/b20-13-. The van der Waals surface area contributed by atoms with Crippen LogP contribution in [-0.2, 0) is 16.0 Å². The van der Waals surface area contributed by atoms with Crippen LogP contribution in [0.1, 0.15) is 25.2 Å². The van der Waals surface area contributed by atoms with Gasteiger partial charge in [-0.1, -0.05) is 19.1 Å². The average molecular weight is 475 g/mol. The van der Waals surface area contributed by atoms with E-state index in [1.54, 1.807) is 37.3 Å². The third kappa shape index (κ3) is 4.67. The fourth-order valence-corrected chi connectivity index (χ4v) is 3.62. The van der Waals surface area contributed by atoms with E-state index in [4.69, 9.17) is 9.15 Å². The molecule has 2 aromatic carbocycles. The number of carbonyl (C=O) groups excluding carboxylic acids is 3. The van der Waals surface area contributed by atoms with Gasteiger partial charge in [0.2, 0.25) is 0 Å². The van der Waals surface area contributed by atoms with Gasteiger partial charge in [-0.2, -0.15) is 0 Å². The third-order valence-corrected chi connectivity index (χ3v) is 5.36. The van der Waals surface area contributed by atoms with Crippen LogP contribution in [0, 0.1) is 10.1 Å². The summed E-state index contributed by atoms with van der Waals surface area (Å²) in [4.78, 5) is 49.7. The zero-order valence-corrected chi connectivity index (χ0v) is 18.9. The summed E-state index contributed by atoms with van der Waals surface area (Å²) in [6.07, 6.45) is 1.98. The summed E-state index contributed by atoms with van der Waals surface area (Å²) in [5.74, 6) is -1.06. The molecule has 0 atom stereocenters. The van der Waals surface area contributed by atoms with Gasteiger partial charge in [-0.15, -0.1) is 0 Å². The number of ether oxygens (including phenoxy) is 1. The first-order chi connectivity index (χ1) is 16.8. The molecule has 1 aliphatic heterocycles. The number of urea groups is 1. The second-order valence-electron chi connectivity index (χ2n) is 7.55. The molecule has 0 radical (unpaired) electrons. The van der Waals surface area contributed by atoms with Gasteiger partial charge >= 0.3 is 6.03 Å². The van der Waals surface area contributed by atoms with Crippen LogP contribution < -0.4 is 15.0 Å². The number of nitrogens with one attached hydrogen (secondary N) is 1. The summed E-state index contributed by atoms with van der Waals surface area (Å²) in [7, 11) is 0. The molecule has 1 saturated heterocycles. The Morgan fingerprint density at radius 2 is 1.80 bits per heavy atom. The molecule has 0 aliphatic carbocycles. The minimum absolute atomic E-state index is 0.109. The highest BCUT2D eigenvalue weighted by molar-refractivity contribution is 6.39. The molecule has 0 bridgehead atoms. The Kier molecular flexibility index (Phi) is 6.45. The van der Waals surface area contributed by atoms with Gasteiger partial charge < -0.3 is 9.15 Å². The SMILES string of the molecule is CCOc1ccc(-c2ccc(/C=C3/C(=O)NC(=O)N(c4ccc(CC)cc4)C3=O)o2)c([N+](=O)[O-])c1. The van der Waals surface area contributed by atoms with E-state index in [0.29, 0.717) is 18.0 Å². The lowest BCUT2D eigenvalue weighted by molar-refractivity contribution is -0.384. The highest BCUT2D eigenvalue weighted by atomic mass is 16.6. The molecule has 4 rings (SSSR count). The summed E-state index contributed by atoms with van der Waals surface area (Å²) in [6.45, 7) is 4.10. The number of nitro groups is 1. The van der Waals surface area contributed by atoms with E-state index in [1.165, 1.54) is 30.3 Å². The van der Waals surface area contributed by atoms with Crippen LogP contribution in [0.15, 0.2) is 64.6 Å². The number of imide groups is 2. The molecular formula is C25H21N3O7. The second-order valence-corrected chi connectivity index (χ2v) is 7.55. The van der Waals surface area contributed by atoms with E-state index in [9.17, 15) is 24.5 Å². The van der Waals surface area contributed by atoms with Crippen molar-refractivity contribution in [2.75, 3.05) is 11.5 Å². The molecule has 4 amide bonds. The smallest absolute Gasteiger partial charge is 0.335 e. The van der Waals surface area contributed by atoms with Gasteiger partial charge in [0.1, 0.15) is 22.8 Å². The Balaban J connectivity index is 1.67. The lowest BCUT2D eigenvalue weighted by Gasteiger charge is -2.26. The number of rotatable bonds is 7. The minimum Gasteiger partial charge on any atom is -0.494 e. The van der Waals surface area contributed by atoms with Crippen LogP contribution in [0.5, 0.6) is 5.75 Å². The lowest BCUT2D eigenvalue weighted by atomic mass is 10.1. The fourth-order valence-electron chi connectivity index (χ4n) is 3.62. The molecule has 0 unspecified atom stereocenters. The van der Waals surface area contributed by atoms with Gasteiger partial charge in [-0.3, -0.25) is 25.0 Å². The number of nitro benzene ring substituents is 1. The first kappa shape index (κ1) is 23.4. The molecule has 10 nitrogen and oxygen atoms in total. The van der Waals surface area contributed by atoms with E-state index >= 15 is 0 Å². The number of benzene rings is 2. The minimum atomic E-state index is -0.869. The highest BCUT2D eigenvalue weighted by Crippen LogP contribution is 2.35. The molecule has 1 N–H and O–H groups in total. The van der Waals surface area contributed by atoms with E-state index < -0.39 is 22.8 Å². The maximum Gasteiger partial charge on any atom is 0.335 e.